The third-order valence-corrected chi connectivity index (χ3v) is 2.66. The number of nitrogens with two attached hydrogens (primary N) is 1. The molecular weight excluding hydrogens is 286 g/mol. The first-order valence-electron chi connectivity index (χ1n) is 5.27. The van der Waals surface area contributed by atoms with Crippen molar-refractivity contribution < 1.29 is 9.21 Å². The van der Waals surface area contributed by atoms with Crippen LogP contribution in [0, 0.1) is 0 Å². The third kappa shape index (κ3) is 3.46. The smallest absolute Gasteiger partial charge is 0.291 e. The van der Waals surface area contributed by atoms with E-state index in [1.54, 1.807) is 30.3 Å². The Labute approximate surface area is 119 Å². The second-order valence-corrected chi connectivity index (χ2v) is 4.46. The van der Waals surface area contributed by atoms with Gasteiger partial charge < -0.3 is 20.8 Å². The van der Waals surface area contributed by atoms with E-state index in [9.17, 15) is 4.79 Å². The lowest BCUT2D eigenvalue weighted by Gasteiger charge is -2.09. The number of rotatable bonds is 3. The van der Waals surface area contributed by atoms with Gasteiger partial charge in [0, 0.05) is 5.69 Å². The first-order chi connectivity index (χ1) is 9.06. The van der Waals surface area contributed by atoms with Gasteiger partial charge in [-0.15, -0.1) is 0 Å². The molecule has 0 spiro atoms. The molecule has 0 saturated heterocycles. The number of thiocarbonyl (C=S) groups is 1. The Morgan fingerprint density at radius 3 is 2.74 bits per heavy atom. The van der Waals surface area contributed by atoms with Crippen LogP contribution in [0.5, 0.6) is 0 Å². The summed E-state index contributed by atoms with van der Waals surface area (Å²) < 4.78 is 4.99. The fourth-order valence-electron chi connectivity index (χ4n) is 1.43. The molecule has 0 aliphatic rings. The number of halogens is 1. The summed E-state index contributed by atoms with van der Waals surface area (Å²) in [6.45, 7) is 0. The predicted octanol–water partition coefficient (Wildman–Crippen LogP) is 2.84. The molecule has 5 nitrogen and oxygen atoms in total. The SMILES string of the molecule is NC(=S)Nc1ccc(Cl)c(NC(=O)c2ccco2)c1. The zero-order valence-corrected chi connectivity index (χ0v) is 11.2. The summed E-state index contributed by atoms with van der Waals surface area (Å²) in [4.78, 5) is 11.8. The third-order valence-electron chi connectivity index (χ3n) is 2.23. The second-order valence-electron chi connectivity index (χ2n) is 3.62. The second kappa shape index (κ2) is 5.73. The zero-order chi connectivity index (χ0) is 13.8. The Balaban J connectivity index is 2.19. The highest BCUT2D eigenvalue weighted by Crippen LogP contribution is 2.26. The maximum absolute atomic E-state index is 11.8. The van der Waals surface area contributed by atoms with Gasteiger partial charge in [0.2, 0.25) is 0 Å². The molecule has 2 aromatic rings. The molecule has 1 amide bonds. The number of carbonyl (C=O) groups is 1. The van der Waals surface area contributed by atoms with Crippen molar-refractivity contribution in [3.8, 4) is 0 Å². The molecule has 4 N–H and O–H groups in total. The van der Waals surface area contributed by atoms with Crippen LogP contribution < -0.4 is 16.4 Å². The molecule has 0 bridgehead atoms. The van der Waals surface area contributed by atoms with E-state index in [-0.39, 0.29) is 16.8 Å². The predicted molar refractivity (Wildman–Crippen MR) is 78.5 cm³/mol. The van der Waals surface area contributed by atoms with E-state index in [0.717, 1.165) is 0 Å². The Morgan fingerprint density at radius 2 is 2.11 bits per heavy atom. The average Bonchev–Trinajstić information content (AvgIpc) is 2.86. The van der Waals surface area contributed by atoms with Gasteiger partial charge in [-0.05, 0) is 42.5 Å². The molecule has 0 saturated carbocycles. The molecule has 0 radical (unpaired) electrons. The van der Waals surface area contributed by atoms with Gasteiger partial charge in [-0.1, -0.05) is 11.6 Å². The van der Waals surface area contributed by atoms with E-state index in [0.29, 0.717) is 16.4 Å². The molecule has 0 atom stereocenters. The lowest BCUT2D eigenvalue weighted by atomic mass is 10.2. The fourth-order valence-corrected chi connectivity index (χ4v) is 1.72. The van der Waals surface area contributed by atoms with E-state index in [2.05, 4.69) is 10.6 Å². The highest BCUT2D eigenvalue weighted by atomic mass is 35.5. The van der Waals surface area contributed by atoms with Crippen molar-refractivity contribution >= 4 is 46.2 Å². The molecular formula is C12H10ClN3O2S. The van der Waals surface area contributed by atoms with E-state index in [4.69, 9.17) is 34.0 Å². The van der Waals surface area contributed by atoms with Gasteiger partial charge in [-0.25, -0.2) is 0 Å². The summed E-state index contributed by atoms with van der Waals surface area (Å²) in [5.74, 6) is -0.192. The van der Waals surface area contributed by atoms with Gasteiger partial charge in [0.25, 0.3) is 5.91 Å². The van der Waals surface area contributed by atoms with E-state index in [1.165, 1.54) is 6.26 Å². The van der Waals surface area contributed by atoms with Gasteiger partial charge in [-0.3, -0.25) is 4.79 Å². The van der Waals surface area contributed by atoms with E-state index < -0.39 is 0 Å². The van der Waals surface area contributed by atoms with Crippen molar-refractivity contribution in [3.63, 3.8) is 0 Å². The Bertz CT molecular complexity index is 613. The van der Waals surface area contributed by atoms with Crippen LogP contribution in [0.4, 0.5) is 11.4 Å². The number of furan rings is 1. The molecule has 19 heavy (non-hydrogen) atoms. The van der Waals surface area contributed by atoms with E-state index in [1.807, 2.05) is 0 Å². The maximum atomic E-state index is 11.8. The number of hydrogen-bond acceptors (Lipinski definition) is 3. The molecule has 1 aromatic carbocycles. The zero-order valence-electron chi connectivity index (χ0n) is 9.64. The minimum Gasteiger partial charge on any atom is -0.459 e. The minimum atomic E-state index is -0.389. The van der Waals surface area contributed by atoms with Crippen LogP contribution in [-0.2, 0) is 0 Å². The van der Waals surface area contributed by atoms with Crippen molar-refractivity contribution in [1.29, 1.82) is 0 Å². The standard InChI is InChI=1S/C12H10ClN3O2S/c13-8-4-3-7(15-12(14)19)6-9(8)16-11(17)10-2-1-5-18-10/h1-6H,(H,16,17)(H3,14,15,19). The van der Waals surface area contributed by atoms with Gasteiger partial charge in [-0.2, -0.15) is 0 Å². The van der Waals surface area contributed by atoms with Crippen molar-refractivity contribution in [3.05, 3.63) is 47.4 Å². The number of amides is 1. The van der Waals surface area contributed by atoms with Crippen LogP contribution in [0.2, 0.25) is 5.02 Å². The van der Waals surface area contributed by atoms with Crippen molar-refractivity contribution in [2.75, 3.05) is 10.6 Å². The normalized spacial score (nSPS) is 9.95. The Kier molecular flexibility index (Phi) is 4.03. The molecule has 0 unspecified atom stereocenters. The number of benzene rings is 1. The van der Waals surface area contributed by atoms with Crippen LogP contribution >= 0.6 is 23.8 Å². The summed E-state index contributed by atoms with van der Waals surface area (Å²) in [7, 11) is 0. The van der Waals surface area contributed by atoms with Crippen LogP contribution in [0.15, 0.2) is 41.0 Å². The molecule has 98 valence electrons. The van der Waals surface area contributed by atoms with E-state index >= 15 is 0 Å². The molecule has 2 rings (SSSR count). The van der Waals surface area contributed by atoms with Crippen molar-refractivity contribution in [1.82, 2.24) is 0 Å². The minimum absolute atomic E-state index is 0.130. The van der Waals surface area contributed by atoms with Crippen molar-refractivity contribution in [2.45, 2.75) is 0 Å². The van der Waals surface area contributed by atoms with Gasteiger partial charge in [0.1, 0.15) is 0 Å². The molecule has 0 aliphatic carbocycles. The van der Waals surface area contributed by atoms with Gasteiger partial charge in [0.15, 0.2) is 10.9 Å². The summed E-state index contributed by atoms with van der Waals surface area (Å²) in [5.41, 5.74) is 6.44. The lowest BCUT2D eigenvalue weighted by Crippen LogP contribution is -2.19. The van der Waals surface area contributed by atoms with Gasteiger partial charge >= 0.3 is 0 Å². The Morgan fingerprint density at radius 1 is 1.32 bits per heavy atom. The van der Waals surface area contributed by atoms with Crippen LogP contribution in [0.1, 0.15) is 10.6 Å². The molecule has 0 fully saturated rings. The molecule has 1 heterocycles. The topological polar surface area (TPSA) is 80.3 Å². The van der Waals surface area contributed by atoms with Crippen LogP contribution in [0.3, 0.4) is 0 Å². The number of nitrogens with one attached hydrogen (secondary N) is 2. The fraction of sp³-hybridized carbons (Fsp3) is 0. The molecule has 1 aromatic heterocycles. The molecule has 0 aliphatic heterocycles. The maximum Gasteiger partial charge on any atom is 0.291 e. The average molecular weight is 296 g/mol. The van der Waals surface area contributed by atoms with Crippen molar-refractivity contribution in [2.24, 2.45) is 5.73 Å². The highest BCUT2D eigenvalue weighted by molar-refractivity contribution is 7.80. The Hall–Kier alpha value is -2.05. The largest absolute Gasteiger partial charge is 0.459 e. The van der Waals surface area contributed by atoms with Gasteiger partial charge in [0.05, 0.1) is 17.0 Å². The number of hydrogen-bond donors (Lipinski definition) is 3. The summed E-state index contributed by atoms with van der Waals surface area (Å²) in [6.07, 6.45) is 1.42. The number of carbonyl (C=O) groups excluding carboxylic acids is 1. The number of anilines is 2. The summed E-state index contributed by atoms with van der Waals surface area (Å²) in [6, 6.07) is 8.13. The summed E-state index contributed by atoms with van der Waals surface area (Å²) >= 11 is 10.7. The quantitative estimate of drug-likeness (QED) is 0.759. The highest BCUT2D eigenvalue weighted by Gasteiger charge is 2.11. The van der Waals surface area contributed by atoms with Crippen LogP contribution in [-0.4, -0.2) is 11.0 Å². The first kappa shape index (κ1) is 13.4. The summed E-state index contributed by atoms with van der Waals surface area (Å²) in [5, 5.41) is 5.92. The first-order valence-corrected chi connectivity index (χ1v) is 6.06. The van der Waals surface area contributed by atoms with Crippen LogP contribution in [0.25, 0.3) is 0 Å². The lowest BCUT2D eigenvalue weighted by molar-refractivity contribution is 0.0996. The molecule has 7 heteroatoms. The monoisotopic (exact) mass is 295 g/mol.